The van der Waals surface area contributed by atoms with Crippen LogP contribution in [0.15, 0.2) is 47.5 Å². The van der Waals surface area contributed by atoms with Crippen LogP contribution in [0.1, 0.15) is 5.56 Å². The number of nitrogens with zero attached hydrogens (tertiary/aromatic N) is 2. The van der Waals surface area contributed by atoms with E-state index in [2.05, 4.69) is 15.3 Å². The van der Waals surface area contributed by atoms with E-state index in [1.165, 1.54) is 24.5 Å². The minimum atomic E-state index is -0.572. The van der Waals surface area contributed by atoms with Gasteiger partial charge in [-0.15, -0.1) is 0 Å². The summed E-state index contributed by atoms with van der Waals surface area (Å²) < 4.78 is 13.6. The predicted molar refractivity (Wildman–Crippen MR) is 87.6 cm³/mol. The highest BCUT2D eigenvalue weighted by atomic mass is 19.1. The van der Waals surface area contributed by atoms with Crippen LogP contribution in [-0.2, 0) is 6.42 Å². The number of nitrogens with one attached hydrogen (secondary N) is 2. The van der Waals surface area contributed by atoms with E-state index >= 15 is 0 Å². The number of nitro benzene ring substituents is 1. The van der Waals surface area contributed by atoms with Crippen LogP contribution in [0.25, 0.3) is 10.9 Å². The zero-order valence-electron chi connectivity index (χ0n) is 12.5. The molecule has 7 nitrogen and oxygen atoms in total. The van der Waals surface area contributed by atoms with E-state index in [4.69, 9.17) is 0 Å². The van der Waals surface area contributed by atoms with Gasteiger partial charge in [0.2, 0.25) is 0 Å². The molecule has 1 aromatic heterocycles. The van der Waals surface area contributed by atoms with Gasteiger partial charge < -0.3 is 10.3 Å². The van der Waals surface area contributed by atoms with Crippen molar-refractivity contribution >= 4 is 22.3 Å². The Morgan fingerprint density at radius 3 is 2.83 bits per heavy atom. The molecule has 24 heavy (non-hydrogen) atoms. The van der Waals surface area contributed by atoms with Crippen molar-refractivity contribution < 1.29 is 9.31 Å². The first kappa shape index (κ1) is 15.6. The highest BCUT2D eigenvalue weighted by Gasteiger charge is 2.17. The lowest BCUT2D eigenvalue weighted by atomic mass is 10.1. The molecule has 0 aliphatic heterocycles. The van der Waals surface area contributed by atoms with Gasteiger partial charge in [0.15, 0.2) is 0 Å². The van der Waals surface area contributed by atoms with Crippen LogP contribution in [0.3, 0.4) is 0 Å². The summed E-state index contributed by atoms with van der Waals surface area (Å²) in [7, 11) is 0. The van der Waals surface area contributed by atoms with Crippen molar-refractivity contribution in [1.82, 2.24) is 9.97 Å². The van der Waals surface area contributed by atoms with E-state index in [1.54, 1.807) is 18.2 Å². The topological polar surface area (TPSA) is 101 Å². The number of aromatic amines is 1. The third-order valence-electron chi connectivity index (χ3n) is 3.62. The molecular formula is C16H13FN4O3. The summed E-state index contributed by atoms with van der Waals surface area (Å²) in [5.74, 6) is -0.319. The van der Waals surface area contributed by atoms with Crippen LogP contribution >= 0.6 is 0 Å². The van der Waals surface area contributed by atoms with Gasteiger partial charge >= 0.3 is 0 Å². The fraction of sp³-hybridized carbons (Fsp3) is 0.125. The molecule has 122 valence electrons. The summed E-state index contributed by atoms with van der Waals surface area (Å²) in [4.78, 5) is 28.8. The Labute approximate surface area is 135 Å². The molecule has 0 atom stereocenters. The van der Waals surface area contributed by atoms with Crippen LogP contribution in [0.5, 0.6) is 0 Å². The van der Waals surface area contributed by atoms with Crippen LogP contribution in [-0.4, -0.2) is 21.4 Å². The van der Waals surface area contributed by atoms with Crippen molar-refractivity contribution in [2.24, 2.45) is 0 Å². The van der Waals surface area contributed by atoms with Gasteiger partial charge in [-0.2, -0.15) is 0 Å². The van der Waals surface area contributed by atoms with E-state index in [0.717, 1.165) is 0 Å². The minimum absolute atomic E-state index is 0.142. The Kier molecular flexibility index (Phi) is 4.19. The maximum atomic E-state index is 13.6. The van der Waals surface area contributed by atoms with Crippen molar-refractivity contribution in [1.29, 1.82) is 0 Å². The Morgan fingerprint density at radius 2 is 2.08 bits per heavy atom. The molecule has 0 radical (unpaired) electrons. The molecule has 0 saturated heterocycles. The Hall–Kier alpha value is -3.29. The molecule has 0 spiro atoms. The van der Waals surface area contributed by atoms with Gasteiger partial charge in [-0.1, -0.05) is 18.2 Å². The van der Waals surface area contributed by atoms with Gasteiger partial charge in [-0.25, -0.2) is 9.37 Å². The number of benzene rings is 2. The molecule has 0 aliphatic rings. The fourth-order valence-corrected chi connectivity index (χ4v) is 2.43. The number of nitro groups is 1. The number of hydrogen-bond donors (Lipinski definition) is 2. The first-order valence-corrected chi connectivity index (χ1v) is 7.19. The van der Waals surface area contributed by atoms with Crippen LogP contribution in [0.4, 0.5) is 15.8 Å². The normalized spacial score (nSPS) is 10.7. The Morgan fingerprint density at radius 1 is 1.29 bits per heavy atom. The number of halogens is 1. The van der Waals surface area contributed by atoms with E-state index in [1.807, 2.05) is 0 Å². The highest BCUT2D eigenvalue weighted by Crippen LogP contribution is 2.27. The summed E-state index contributed by atoms with van der Waals surface area (Å²) in [6.07, 6.45) is 1.60. The summed E-state index contributed by atoms with van der Waals surface area (Å²) in [6.45, 7) is 0.302. The third-order valence-corrected chi connectivity index (χ3v) is 3.62. The molecule has 3 rings (SSSR count). The molecule has 8 heteroatoms. The summed E-state index contributed by atoms with van der Waals surface area (Å²) in [5, 5.41) is 14.3. The van der Waals surface area contributed by atoms with E-state index in [9.17, 15) is 19.3 Å². The predicted octanol–water partition coefficient (Wildman–Crippen LogP) is 2.63. The van der Waals surface area contributed by atoms with Crippen LogP contribution in [0, 0.1) is 15.9 Å². The second-order valence-corrected chi connectivity index (χ2v) is 5.14. The van der Waals surface area contributed by atoms with Gasteiger partial charge in [0.1, 0.15) is 11.5 Å². The lowest BCUT2D eigenvalue weighted by Crippen LogP contribution is -2.10. The molecule has 0 unspecified atom stereocenters. The molecule has 0 amide bonds. The second kappa shape index (κ2) is 6.45. The SMILES string of the molecule is O=c1[nH]cnc2cc(NCCc3ccccc3F)c([N+](=O)[O-])cc12. The van der Waals surface area contributed by atoms with Gasteiger partial charge in [-0.05, 0) is 24.1 Å². The average molecular weight is 328 g/mol. The Bertz CT molecular complexity index is 971. The van der Waals surface area contributed by atoms with Crippen molar-refractivity contribution in [2.45, 2.75) is 6.42 Å². The minimum Gasteiger partial charge on any atom is -0.379 e. The van der Waals surface area contributed by atoms with E-state index in [-0.39, 0.29) is 22.6 Å². The lowest BCUT2D eigenvalue weighted by Gasteiger charge is -2.08. The van der Waals surface area contributed by atoms with E-state index < -0.39 is 10.5 Å². The summed E-state index contributed by atoms with van der Waals surface area (Å²) >= 11 is 0. The fourth-order valence-electron chi connectivity index (χ4n) is 2.43. The molecule has 0 aliphatic carbocycles. The maximum Gasteiger partial charge on any atom is 0.293 e. The molecule has 0 saturated carbocycles. The number of hydrogen-bond acceptors (Lipinski definition) is 5. The van der Waals surface area contributed by atoms with Gasteiger partial charge in [0.05, 0.1) is 22.2 Å². The quantitative estimate of drug-likeness (QED) is 0.554. The molecular weight excluding hydrogens is 315 g/mol. The van der Waals surface area contributed by atoms with Gasteiger partial charge in [0.25, 0.3) is 11.2 Å². The molecule has 2 N–H and O–H groups in total. The van der Waals surface area contributed by atoms with Crippen LogP contribution < -0.4 is 10.9 Å². The highest BCUT2D eigenvalue weighted by molar-refractivity contribution is 5.86. The number of H-pyrrole nitrogens is 1. The Balaban J connectivity index is 1.88. The summed E-state index contributed by atoms with van der Waals surface area (Å²) in [5.41, 5.74) is 0.429. The molecule has 0 fully saturated rings. The average Bonchev–Trinajstić information content (AvgIpc) is 2.56. The van der Waals surface area contributed by atoms with Gasteiger partial charge in [-0.3, -0.25) is 14.9 Å². The van der Waals surface area contributed by atoms with E-state index in [0.29, 0.717) is 24.0 Å². The standard InChI is InChI=1S/C16H13FN4O3/c17-12-4-2-1-3-10(12)5-6-18-14-8-13-11(7-15(14)21(23)24)16(22)20-9-19-13/h1-4,7-9,18H,5-6H2,(H,19,20,22). The number of rotatable bonds is 5. The van der Waals surface area contributed by atoms with Crippen LogP contribution in [0.2, 0.25) is 0 Å². The molecule has 1 heterocycles. The number of aromatic nitrogens is 2. The first-order chi connectivity index (χ1) is 11.6. The largest absolute Gasteiger partial charge is 0.379 e. The zero-order chi connectivity index (χ0) is 17.1. The molecule has 0 bridgehead atoms. The summed E-state index contributed by atoms with van der Waals surface area (Å²) in [6, 6.07) is 8.99. The zero-order valence-corrected chi connectivity index (χ0v) is 12.5. The molecule has 2 aromatic carbocycles. The van der Waals surface area contributed by atoms with Gasteiger partial charge in [0, 0.05) is 12.6 Å². The monoisotopic (exact) mass is 328 g/mol. The number of anilines is 1. The smallest absolute Gasteiger partial charge is 0.293 e. The lowest BCUT2D eigenvalue weighted by molar-refractivity contribution is -0.383. The van der Waals surface area contributed by atoms with Crippen molar-refractivity contribution in [3.63, 3.8) is 0 Å². The maximum absolute atomic E-state index is 13.6. The molecule has 3 aromatic rings. The van der Waals surface area contributed by atoms with Crippen molar-refractivity contribution in [3.05, 3.63) is 74.6 Å². The first-order valence-electron chi connectivity index (χ1n) is 7.19. The number of fused-ring (bicyclic) bond motifs is 1. The van der Waals surface area contributed by atoms with Crippen molar-refractivity contribution in [2.75, 3.05) is 11.9 Å². The van der Waals surface area contributed by atoms with Crippen molar-refractivity contribution in [3.8, 4) is 0 Å². The third kappa shape index (κ3) is 3.07. The second-order valence-electron chi connectivity index (χ2n) is 5.14.